The number of rotatable bonds is 7. The molecule has 35 heavy (non-hydrogen) atoms. The standard InChI is InChI=1S/C26H26N6O3/c1-4-12-35-21-11-10-18(13-22(21)34-3)19-14-23(33)29-25-24(19)16(2)31-32(25)26-28-20(15-27-30-26)17-8-6-5-7-9-17/h5-11,13,15,19H,4,12,14H2,1-3H3,(H,29,33)/t19-/m0/s1. The van der Waals surface area contributed by atoms with Crippen LogP contribution in [0.3, 0.4) is 0 Å². The van der Waals surface area contributed by atoms with Gasteiger partial charge in [-0.05, 0) is 31.0 Å². The summed E-state index contributed by atoms with van der Waals surface area (Å²) in [5.74, 6) is 1.85. The first-order valence-corrected chi connectivity index (χ1v) is 11.5. The maximum Gasteiger partial charge on any atom is 0.272 e. The molecule has 0 fully saturated rings. The number of amides is 1. The zero-order chi connectivity index (χ0) is 24.4. The van der Waals surface area contributed by atoms with Crippen LogP contribution in [0, 0.1) is 6.92 Å². The number of methoxy groups -OCH3 is 1. The van der Waals surface area contributed by atoms with Gasteiger partial charge in [0.25, 0.3) is 5.95 Å². The molecule has 1 aliphatic rings. The van der Waals surface area contributed by atoms with Crippen molar-refractivity contribution in [1.29, 1.82) is 0 Å². The van der Waals surface area contributed by atoms with E-state index in [0.29, 0.717) is 36.0 Å². The second-order valence-electron chi connectivity index (χ2n) is 8.33. The molecule has 1 atom stereocenters. The van der Waals surface area contributed by atoms with Crippen molar-refractivity contribution in [3.8, 4) is 28.7 Å². The number of aryl methyl sites for hydroxylation is 1. The molecule has 5 rings (SSSR count). The quantitative estimate of drug-likeness (QED) is 0.429. The molecule has 2 aromatic carbocycles. The van der Waals surface area contributed by atoms with Gasteiger partial charge in [0.2, 0.25) is 5.91 Å². The maximum atomic E-state index is 12.8. The summed E-state index contributed by atoms with van der Waals surface area (Å²) in [6.07, 6.45) is 2.80. The Morgan fingerprint density at radius 3 is 2.74 bits per heavy atom. The first kappa shape index (κ1) is 22.5. The summed E-state index contributed by atoms with van der Waals surface area (Å²) in [4.78, 5) is 17.5. The minimum absolute atomic E-state index is 0.110. The molecule has 0 bridgehead atoms. The monoisotopic (exact) mass is 470 g/mol. The minimum atomic E-state index is -0.202. The van der Waals surface area contributed by atoms with E-state index < -0.39 is 0 Å². The number of fused-ring (bicyclic) bond motifs is 1. The Morgan fingerprint density at radius 2 is 1.97 bits per heavy atom. The van der Waals surface area contributed by atoms with Crippen LogP contribution in [-0.2, 0) is 4.79 Å². The Hall–Kier alpha value is -4.27. The van der Waals surface area contributed by atoms with Gasteiger partial charge < -0.3 is 14.8 Å². The lowest BCUT2D eigenvalue weighted by Crippen LogP contribution is -2.25. The number of aromatic nitrogens is 5. The van der Waals surface area contributed by atoms with E-state index in [4.69, 9.17) is 9.47 Å². The molecule has 178 valence electrons. The lowest BCUT2D eigenvalue weighted by atomic mass is 9.85. The summed E-state index contributed by atoms with van der Waals surface area (Å²) in [5.41, 5.74) is 4.23. The maximum absolute atomic E-state index is 12.8. The number of anilines is 1. The van der Waals surface area contributed by atoms with Crippen molar-refractivity contribution in [3.63, 3.8) is 0 Å². The smallest absolute Gasteiger partial charge is 0.272 e. The van der Waals surface area contributed by atoms with Crippen LogP contribution >= 0.6 is 0 Å². The van der Waals surface area contributed by atoms with Crippen molar-refractivity contribution in [2.24, 2.45) is 0 Å². The van der Waals surface area contributed by atoms with Crippen LogP contribution in [0.2, 0.25) is 0 Å². The highest BCUT2D eigenvalue weighted by atomic mass is 16.5. The summed E-state index contributed by atoms with van der Waals surface area (Å²) < 4.78 is 12.9. The molecule has 0 saturated heterocycles. The second kappa shape index (κ2) is 9.54. The Bertz CT molecular complexity index is 1370. The fourth-order valence-corrected chi connectivity index (χ4v) is 4.34. The van der Waals surface area contributed by atoms with E-state index in [9.17, 15) is 4.79 Å². The van der Waals surface area contributed by atoms with Gasteiger partial charge in [-0.25, -0.2) is 4.98 Å². The van der Waals surface area contributed by atoms with Gasteiger partial charge in [0, 0.05) is 23.5 Å². The average Bonchev–Trinajstić information content (AvgIpc) is 3.23. The molecule has 0 saturated carbocycles. The number of hydrogen-bond donors (Lipinski definition) is 1. The van der Waals surface area contributed by atoms with Gasteiger partial charge in [-0.3, -0.25) is 4.79 Å². The van der Waals surface area contributed by atoms with Gasteiger partial charge in [0.1, 0.15) is 5.82 Å². The van der Waals surface area contributed by atoms with E-state index in [1.165, 1.54) is 0 Å². The summed E-state index contributed by atoms with van der Waals surface area (Å²) in [6, 6.07) is 15.5. The van der Waals surface area contributed by atoms with Gasteiger partial charge >= 0.3 is 0 Å². The predicted octanol–water partition coefficient (Wildman–Crippen LogP) is 4.30. The van der Waals surface area contributed by atoms with Gasteiger partial charge in [0.05, 0.1) is 31.3 Å². The number of nitrogens with one attached hydrogen (secondary N) is 1. The molecule has 4 aromatic rings. The Labute approximate surface area is 203 Å². The first-order chi connectivity index (χ1) is 17.1. The van der Waals surface area contributed by atoms with Crippen LogP contribution in [0.4, 0.5) is 5.82 Å². The number of nitrogens with zero attached hydrogens (tertiary/aromatic N) is 5. The van der Waals surface area contributed by atoms with E-state index in [-0.39, 0.29) is 17.8 Å². The van der Waals surface area contributed by atoms with Crippen LogP contribution in [0.25, 0.3) is 17.2 Å². The largest absolute Gasteiger partial charge is 0.493 e. The minimum Gasteiger partial charge on any atom is -0.493 e. The molecular formula is C26H26N6O3. The van der Waals surface area contributed by atoms with E-state index in [0.717, 1.165) is 28.8 Å². The Kier molecular flexibility index (Phi) is 6.13. The fraction of sp³-hybridized carbons (Fsp3) is 0.269. The van der Waals surface area contributed by atoms with E-state index >= 15 is 0 Å². The van der Waals surface area contributed by atoms with Crippen molar-refractivity contribution in [1.82, 2.24) is 25.0 Å². The molecule has 1 aliphatic heterocycles. The number of benzene rings is 2. The van der Waals surface area contributed by atoms with E-state index in [1.807, 2.05) is 55.5 Å². The molecule has 0 radical (unpaired) electrons. The molecule has 0 spiro atoms. The third-order valence-corrected chi connectivity index (χ3v) is 5.96. The zero-order valence-corrected chi connectivity index (χ0v) is 19.9. The third-order valence-electron chi connectivity index (χ3n) is 5.96. The number of carbonyl (C=O) groups excluding carboxylic acids is 1. The number of carbonyl (C=O) groups is 1. The van der Waals surface area contributed by atoms with E-state index in [2.05, 4.69) is 32.5 Å². The highest BCUT2D eigenvalue weighted by molar-refractivity contribution is 5.95. The van der Waals surface area contributed by atoms with Crippen molar-refractivity contribution in [2.75, 3.05) is 19.0 Å². The molecular weight excluding hydrogens is 444 g/mol. The highest BCUT2D eigenvalue weighted by Gasteiger charge is 2.33. The molecule has 9 heteroatoms. The number of hydrogen-bond acceptors (Lipinski definition) is 7. The Balaban J connectivity index is 1.56. The lowest BCUT2D eigenvalue weighted by molar-refractivity contribution is -0.116. The van der Waals surface area contributed by atoms with E-state index in [1.54, 1.807) is 18.0 Å². The van der Waals surface area contributed by atoms with Crippen molar-refractivity contribution in [2.45, 2.75) is 32.6 Å². The van der Waals surface area contributed by atoms with Crippen LogP contribution < -0.4 is 14.8 Å². The van der Waals surface area contributed by atoms with Crippen LogP contribution in [-0.4, -0.2) is 44.6 Å². The van der Waals surface area contributed by atoms with Gasteiger partial charge in [-0.1, -0.05) is 43.3 Å². The Morgan fingerprint density at radius 1 is 1.14 bits per heavy atom. The van der Waals surface area contributed by atoms with Crippen molar-refractivity contribution < 1.29 is 14.3 Å². The lowest BCUT2D eigenvalue weighted by Gasteiger charge is -2.25. The van der Waals surface area contributed by atoms with Crippen LogP contribution in [0.1, 0.15) is 42.5 Å². The normalized spacial score (nSPS) is 14.8. The van der Waals surface area contributed by atoms with Gasteiger partial charge in [-0.15, -0.1) is 5.10 Å². The van der Waals surface area contributed by atoms with Crippen molar-refractivity contribution >= 4 is 11.7 Å². The van der Waals surface area contributed by atoms with Gasteiger partial charge in [0.15, 0.2) is 11.5 Å². The first-order valence-electron chi connectivity index (χ1n) is 11.5. The second-order valence-corrected chi connectivity index (χ2v) is 8.33. The van der Waals surface area contributed by atoms with Crippen LogP contribution in [0.5, 0.6) is 11.5 Å². The van der Waals surface area contributed by atoms with Crippen LogP contribution in [0.15, 0.2) is 54.7 Å². The molecule has 3 heterocycles. The zero-order valence-electron chi connectivity index (χ0n) is 19.9. The molecule has 9 nitrogen and oxygen atoms in total. The van der Waals surface area contributed by atoms with Crippen molar-refractivity contribution in [3.05, 3.63) is 71.5 Å². The molecule has 1 amide bonds. The summed E-state index contributed by atoms with van der Waals surface area (Å²) in [6.45, 7) is 4.58. The SMILES string of the molecule is CCCOc1ccc([C@@H]2CC(=O)Nc3c2c(C)nn3-c2nncc(-c3ccccc3)n2)cc1OC. The highest BCUT2D eigenvalue weighted by Crippen LogP contribution is 2.42. The number of ether oxygens (including phenoxy) is 2. The predicted molar refractivity (Wildman–Crippen MR) is 131 cm³/mol. The molecule has 0 aliphatic carbocycles. The topological polar surface area (TPSA) is 104 Å². The third kappa shape index (κ3) is 4.32. The fourth-order valence-electron chi connectivity index (χ4n) is 4.34. The summed E-state index contributed by atoms with van der Waals surface area (Å²) >= 11 is 0. The molecule has 2 aromatic heterocycles. The van der Waals surface area contributed by atoms with Gasteiger partial charge in [-0.2, -0.15) is 14.9 Å². The summed E-state index contributed by atoms with van der Waals surface area (Å²) in [5, 5.41) is 16.0. The molecule has 1 N–H and O–H groups in total. The molecule has 0 unspecified atom stereocenters. The average molecular weight is 471 g/mol. The summed E-state index contributed by atoms with van der Waals surface area (Å²) in [7, 11) is 1.62.